The zero-order chi connectivity index (χ0) is 15.8. The van der Waals surface area contributed by atoms with Crippen molar-refractivity contribution in [2.45, 2.75) is 19.1 Å². The third-order valence-electron chi connectivity index (χ3n) is 3.76. The van der Waals surface area contributed by atoms with Crippen molar-refractivity contribution in [2.75, 3.05) is 26.7 Å². The molecule has 1 unspecified atom stereocenters. The largest absolute Gasteiger partial charge is 0.417 e. The van der Waals surface area contributed by atoms with Gasteiger partial charge in [0, 0.05) is 30.1 Å². The van der Waals surface area contributed by atoms with E-state index in [1.54, 1.807) is 0 Å². The minimum atomic E-state index is -4.55. The van der Waals surface area contributed by atoms with E-state index in [0.29, 0.717) is 24.1 Å². The number of rotatable bonds is 1. The van der Waals surface area contributed by atoms with E-state index in [-0.39, 0.29) is 11.6 Å². The highest BCUT2D eigenvalue weighted by atomic mass is 79.9. The molecule has 1 fully saturated rings. The van der Waals surface area contributed by atoms with E-state index in [4.69, 9.17) is 0 Å². The van der Waals surface area contributed by atoms with E-state index in [0.717, 1.165) is 6.07 Å². The number of amides is 1. The van der Waals surface area contributed by atoms with Gasteiger partial charge in [0.2, 0.25) is 0 Å². The number of halogens is 4. The zero-order valence-electron chi connectivity index (χ0n) is 11.7. The Morgan fingerprint density at radius 2 is 2.00 bits per heavy atom. The van der Waals surface area contributed by atoms with Gasteiger partial charge in [0.05, 0.1) is 11.1 Å². The van der Waals surface area contributed by atoms with Crippen molar-refractivity contribution in [3.05, 3.63) is 33.8 Å². The van der Waals surface area contributed by atoms with Crippen LogP contribution >= 0.6 is 15.9 Å². The van der Waals surface area contributed by atoms with Gasteiger partial charge in [0.15, 0.2) is 0 Å². The van der Waals surface area contributed by atoms with Crippen LogP contribution in [-0.4, -0.2) is 48.4 Å². The van der Waals surface area contributed by atoms with Gasteiger partial charge >= 0.3 is 6.18 Å². The average Bonchev–Trinajstić information content (AvgIpc) is 2.40. The first-order valence-corrected chi connectivity index (χ1v) is 7.35. The van der Waals surface area contributed by atoms with Gasteiger partial charge in [-0.05, 0) is 32.2 Å². The molecule has 0 spiro atoms. The number of benzene rings is 1. The summed E-state index contributed by atoms with van der Waals surface area (Å²) in [6.45, 7) is 3.48. The third-order valence-corrected chi connectivity index (χ3v) is 4.26. The lowest BCUT2D eigenvalue weighted by molar-refractivity contribution is -0.138. The molecule has 1 heterocycles. The van der Waals surface area contributed by atoms with Crippen molar-refractivity contribution in [1.82, 2.24) is 9.80 Å². The number of carbonyl (C=O) groups is 1. The Morgan fingerprint density at radius 3 is 2.57 bits per heavy atom. The Balaban J connectivity index is 2.32. The highest BCUT2D eigenvalue weighted by Gasteiger charge is 2.37. The maximum Gasteiger partial charge on any atom is 0.417 e. The van der Waals surface area contributed by atoms with Crippen molar-refractivity contribution >= 4 is 21.8 Å². The van der Waals surface area contributed by atoms with Crippen LogP contribution in [0.4, 0.5) is 13.2 Å². The molecule has 0 aromatic heterocycles. The maximum absolute atomic E-state index is 13.1. The van der Waals surface area contributed by atoms with Crippen molar-refractivity contribution in [3.63, 3.8) is 0 Å². The van der Waals surface area contributed by atoms with E-state index in [1.165, 1.54) is 17.0 Å². The van der Waals surface area contributed by atoms with Gasteiger partial charge in [0.25, 0.3) is 5.91 Å². The predicted octanol–water partition coefficient (Wildman–Crippen LogP) is 3.24. The van der Waals surface area contributed by atoms with Crippen LogP contribution in [0, 0.1) is 0 Å². The van der Waals surface area contributed by atoms with Gasteiger partial charge in [-0.2, -0.15) is 13.2 Å². The van der Waals surface area contributed by atoms with Gasteiger partial charge in [-0.1, -0.05) is 15.9 Å². The minimum absolute atomic E-state index is 0.132. The molecule has 1 amide bonds. The molecule has 1 aromatic carbocycles. The molecule has 0 aliphatic carbocycles. The first kappa shape index (κ1) is 16.3. The van der Waals surface area contributed by atoms with Gasteiger partial charge in [-0.15, -0.1) is 0 Å². The highest BCUT2D eigenvalue weighted by molar-refractivity contribution is 9.10. The molecule has 2 rings (SSSR count). The van der Waals surface area contributed by atoms with Gasteiger partial charge in [-0.3, -0.25) is 4.79 Å². The molecule has 1 aliphatic rings. The summed E-state index contributed by atoms with van der Waals surface area (Å²) in [5.41, 5.74) is -1.18. The van der Waals surface area contributed by atoms with Crippen molar-refractivity contribution in [3.8, 4) is 0 Å². The summed E-state index contributed by atoms with van der Waals surface area (Å²) in [6.07, 6.45) is -4.55. The molecule has 1 atom stereocenters. The molecule has 0 bridgehead atoms. The lowest BCUT2D eigenvalue weighted by atomic mass is 10.0. The number of alkyl halides is 3. The molecule has 0 N–H and O–H groups in total. The Kier molecular flexibility index (Phi) is 4.63. The number of hydrogen-bond acceptors (Lipinski definition) is 2. The van der Waals surface area contributed by atoms with E-state index < -0.39 is 17.6 Å². The van der Waals surface area contributed by atoms with Crippen molar-refractivity contribution in [2.24, 2.45) is 0 Å². The Hall–Kier alpha value is -1.08. The van der Waals surface area contributed by atoms with Crippen molar-refractivity contribution < 1.29 is 18.0 Å². The third kappa shape index (κ3) is 3.58. The fourth-order valence-electron chi connectivity index (χ4n) is 2.34. The number of piperazine rings is 1. The second-order valence-corrected chi connectivity index (χ2v) is 6.18. The van der Waals surface area contributed by atoms with Crippen LogP contribution in [0.1, 0.15) is 22.8 Å². The van der Waals surface area contributed by atoms with Gasteiger partial charge < -0.3 is 9.80 Å². The predicted molar refractivity (Wildman–Crippen MR) is 77.1 cm³/mol. The fourth-order valence-corrected chi connectivity index (χ4v) is 2.70. The van der Waals surface area contributed by atoms with Crippen LogP contribution < -0.4 is 0 Å². The monoisotopic (exact) mass is 364 g/mol. The Morgan fingerprint density at radius 1 is 1.33 bits per heavy atom. The summed E-state index contributed by atoms with van der Waals surface area (Å²) in [5, 5.41) is 0. The maximum atomic E-state index is 13.1. The zero-order valence-corrected chi connectivity index (χ0v) is 13.3. The first-order chi connectivity index (χ1) is 9.70. The molecule has 0 saturated carbocycles. The van der Waals surface area contributed by atoms with Crippen LogP contribution in [0.5, 0.6) is 0 Å². The van der Waals surface area contributed by atoms with Crippen LogP contribution in [0.3, 0.4) is 0 Å². The standard InChI is InChI=1S/C14H16BrF3N2O/c1-9-8-20(6-5-19(9)2)13(21)11-4-3-10(15)7-12(11)14(16,17)18/h3-4,7,9H,5-6,8H2,1-2H3. The molecule has 1 aliphatic heterocycles. The van der Waals surface area contributed by atoms with Gasteiger partial charge in [-0.25, -0.2) is 0 Å². The molecule has 0 radical (unpaired) electrons. The van der Waals surface area contributed by atoms with E-state index >= 15 is 0 Å². The number of nitrogens with zero attached hydrogens (tertiary/aromatic N) is 2. The lowest BCUT2D eigenvalue weighted by Crippen LogP contribution is -2.52. The normalized spacial score (nSPS) is 20.7. The quantitative estimate of drug-likeness (QED) is 0.763. The van der Waals surface area contributed by atoms with Crippen LogP contribution in [0.25, 0.3) is 0 Å². The van der Waals surface area contributed by atoms with Crippen LogP contribution in [-0.2, 0) is 6.18 Å². The number of likely N-dealkylation sites (N-methyl/N-ethyl adjacent to an activating group) is 1. The van der Waals surface area contributed by atoms with E-state index in [1.807, 2.05) is 14.0 Å². The van der Waals surface area contributed by atoms with Gasteiger partial charge in [0.1, 0.15) is 0 Å². The lowest BCUT2D eigenvalue weighted by Gasteiger charge is -2.38. The molecule has 116 valence electrons. The first-order valence-electron chi connectivity index (χ1n) is 6.56. The molecule has 21 heavy (non-hydrogen) atoms. The van der Waals surface area contributed by atoms with Crippen LogP contribution in [0.2, 0.25) is 0 Å². The molecule has 1 aromatic rings. The molecule has 1 saturated heterocycles. The number of carbonyl (C=O) groups excluding carboxylic acids is 1. The summed E-state index contributed by atoms with van der Waals surface area (Å²) in [7, 11) is 1.94. The summed E-state index contributed by atoms with van der Waals surface area (Å²) >= 11 is 3.02. The van der Waals surface area contributed by atoms with Crippen molar-refractivity contribution in [1.29, 1.82) is 0 Å². The van der Waals surface area contributed by atoms with E-state index in [9.17, 15) is 18.0 Å². The second kappa shape index (κ2) is 5.96. The molecular formula is C14H16BrF3N2O. The molecular weight excluding hydrogens is 349 g/mol. The SMILES string of the molecule is CC1CN(C(=O)c2ccc(Br)cc2C(F)(F)F)CCN1C. The summed E-state index contributed by atoms with van der Waals surface area (Å²) in [5.74, 6) is -0.560. The summed E-state index contributed by atoms with van der Waals surface area (Å²) in [6, 6.07) is 3.78. The molecule has 3 nitrogen and oxygen atoms in total. The molecule has 7 heteroatoms. The highest BCUT2D eigenvalue weighted by Crippen LogP contribution is 2.34. The Labute approximate surface area is 129 Å². The second-order valence-electron chi connectivity index (χ2n) is 5.27. The smallest absolute Gasteiger partial charge is 0.336 e. The average molecular weight is 365 g/mol. The topological polar surface area (TPSA) is 23.6 Å². The summed E-state index contributed by atoms with van der Waals surface area (Å²) in [4.78, 5) is 16.0. The fraction of sp³-hybridized carbons (Fsp3) is 0.500. The summed E-state index contributed by atoms with van der Waals surface area (Å²) < 4.78 is 39.6. The minimum Gasteiger partial charge on any atom is -0.336 e. The number of hydrogen-bond donors (Lipinski definition) is 0. The van der Waals surface area contributed by atoms with Crippen LogP contribution in [0.15, 0.2) is 22.7 Å². The Bertz CT molecular complexity index is 548. The van der Waals surface area contributed by atoms with E-state index in [2.05, 4.69) is 20.8 Å².